The topological polar surface area (TPSA) is 88.8 Å². The number of carbonyl (C=O) groups is 2. The van der Waals surface area contributed by atoms with Gasteiger partial charge in [0.15, 0.2) is 0 Å². The lowest BCUT2D eigenvalue weighted by atomic mass is 10.0. The van der Waals surface area contributed by atoms with E-state index in [1.54, 1.807) is 13.0 Å². The van der Waals surface area contributed by atoms with E-state index < -0.39 is 12.1 Å². The summed E-state index contributed by atoms with van der Waals surface area (Å²) < 4.78 is 10.4. The fourth-order valence-electron chi connectivity index (χ4n) is 2.03. The summed E-state index contributed by atoms with van der Waals surface area (Å²) in [6.45, 7) is 3.84. The van der Waals surface area contributed by atoms with Gasteiger partial charge in [-0.25, -0.2) is 9.59 Å². The summed E-state index contributed by atoms with van der Waals surface area (Å²) in [7, 11) is 0. The van der Waals surface area contributed by atoms with Crippen LogP contribution in [-0.2, 0) is 11.3 Å². The first kappa shape index (κ1) is 16.6. The third-order valence-corrected chi connectivity index (χ3v) is 3.59. The van der Waals surface area contributed by atoms with Crippen LogP contribution in [-0.4, -0.2) is 23.2 Å². The fraction of sp³-hybridized carbons (Fsp3) is 0.294. The molecule has 0 saturated heterocycles. The lowest BCUT2D eigenvalue weighted by Gasteiger charge is -2.19. The number of hydrogen-bond acceptors (Lipinski definition) is 4. The fourth-order valence-corrected chi connectivity index (χ4v) is 2.03. The van der Waals surface area contributed by atoms with Crippen molar-refractivity contribution in [3.8, 4) is 0 Å². The molecule has 0 fully saturated rings. The van der Waals surface area contributed by atoms with Gasteiger partial charge in [0.25, 0.3) is 0 Å². The van der Waals surface area contributed by atoms with Crippen molar-refractivity contribution < 1.29 is 23.8 Å². The van der Waals surface area contributed by atoms with Gasteiger partial charge < -0.3 is 19.6 Å². The van der Waals surface area contributed by atoms with E-state index in [2.05, 4.69) is 5.32 Å². The Morgan fingerprint density at radius 2 is 1.87 bits per heavy atom. The van der Waals surface area contributed by atoms with Crippen molar-refractivity contribution in [2.45, 2.75) is 32.4 Å². The predicted molar refractivity (Wildman–Crippen MR) is 83.3 cm³/mol. The smallest absolute Gasteiger partial charge is 0.407 e. The Kier molecular flexibility index (Phi) is 5.41. The maximum Gasteiger partial charge on any atom is 0.407 e. The van der Waals surface area contributed by atoms with Crippen LogP contribution in [0.2, 0.25) is 0 Å². The molecule has 1 aromatic heterocycles. The molecule has 0 radical (unpaired) electrons. The van der Waals surface area contributed by atoms with Crippen molar-refractivity contribution in [2.24, 2.45) is 0 Å². The number of hydrogen-bond donors (Lipinski definition) is 2. The Morgan fingerprint density at radius 3 is 2.48 bits per heavy atom. The van der Waals surface area contributed by atoms with E-state index in [0.29, 0.717) is 5.76 Å². The van der Waals surface area contributed by atoms with Crippen LogP contribution in [0.25, 0.3) is 0 Å². The second-order valence-corrected chi connectivity index (χ2v) is 5.29. The number of ether oxygens (including phenoxy) is 1. The van der Waals surface area contributed by atoms with Crippen molar-refractivity contribution >= 4 is 12.1 Å². The molecule has 23 heavy (non-hydrogen) atoms. The average Bonchev–Trinajstić information content (AvgIpc) is 3.03. The number of carboxylic acids is 1. The molecule has 1 amide bonds. The number of carbonyl (C=O) groups excluding carboxylic acids is 1. The van der Waals surface area contributed by atoms with Gasteiger partial charge in [-0.1, -0.05) is 37.3 Å². The number of rotatable bonds is 6. The van der Waals surface area contributed by atoms with Crippen LogP contribution in [0.3, 0.4) is 0 Å². The summed E-state index contributed by atoms with van der Waals surface area (Å²) in [5, 5.41) is 11.6. The van der Waals surface area contributed by atoms with Crippen LogP contribution in [0.4, 0.5) is 4.79 Å². The van der Waals surface area contributed by atoms with Gasteiger partial charge in [-0.3, -0.25) is 0 Å². The maximum absolute atomic E-state index is 11.8. The molecule has 0 aliphatic rings. The first-order valence-electron chi connectivity index (χ1n) is 7.27. The quantitative estimate of drug-likeness (QED) is 0.852. The summed E-state index contributed by atoms with van der Waals surface area (Å²) >= 11 is 0. The van der Waals surface area contributed by atoms with Gasteiger partial charge in [0.1, 0.15) is 12.4 Å². The molecule has 122 valence electrons. The summed E-state index contributed by atoms with van der Waals surface area (Å²) in [6, 6.07) is 12.1. The van der Waals surface area contributed by atoms with Gasteiger partial charge in [0.05, 0.1) is 0 Å². The average molecular weight is 317 g/mol. The second-order valence-electron chi connectivity index (χ2n) is 5.29. The van der Waals surface area contributed by atoms with Crippen molar-refractivity contribution in [3.05, 3.63) is 59.5 Å². The number of nitrogens with one attached hydrogen (secondary N) is 1. The normalized spacial score (nSPS) is 13.1. The Labute approximate surface area is 134 Å². The summed E-state index contributed by atoms with van der Waals surface area (Å²) in [6.07, 6.45) is -0.529. The highest BCUT2D eigenvalue weighted by atomic mass is 16.5. The predicted octanol–water partition coefficient (Wildman–Crippen LogP) is 3.40. The minimum Gasteiger partial charge on any atom is -0.475 e. The van der Waals surface area contributed by atoms with Gasteiger partial charge in [-0.05, 0) is 24.6 Å². The van der Waals surface area contributed by atoms with E-state index in [1.807, 2.05) is 37.3 Å². The molecule has 2 unspecified atom stereocenters. The van der Waals surface area contributed by atoms with E-state index in [9.17, 15) is 9.59 Å². The SMILES string of the molecule is CC(NC(=O)OCc1ccccc1)C(C)c1ccc(C(=O)O)o1. The Morgan fingerprint density at radius 1 is 1.17 bits per heavy atom. The molecule has 6 nitrogen and oxygen atoms in total. The Hall–Kier alpha value is -2.76. The van der Waals surface area contributed by atoms with Crippen molar-refractivity contribution in [1.82, 2.24) is 5.32 Å². The monoisotopic (exact) mass is 317 g/mol. The highest BCUT2D eigenvalue weighted by molar-refractivity contribution is 5.84. The van der Waals surface area contributed by atoms with Crippen LogP contribution in [0.5, 0.6) is 0 Å². The van der Waals surface area contributed by atoms with Crippen LogP contribution in [0.15, 0.2) is 46.9 Å². The first-order chi connectivity index (χ1) is 11.0. The highest BCUT2D eigenvalue weighted by Gasteiger charge is 2.21. The maximum atomic E-state index is 11.8. The van der Waals surface area contributed by atoms with Crippen LogP contribution in [0, 0.1) is 0 Å². The molecular formula is C17H19NO5. The molecule has 2 atom stereocenters. The molecule has 0 aliphatic heterocycles. The molecule has 1 heterocycles. The van der Waals surface area contributed by atoms with E-state index >= 15 is 0 Å². The minimum atomic E-state index is -1.12. The molecule has 1 aromatic carbocycles. The van der Waals surface area contributed by atoms with E-state index in [-0.39, 0.29) is 24.3 Å². The summed E-state index contributed by atoms with van der Waals surface area (Å²) in [5.41, 5.74) is 0.903. The third kappa shape index (κ3) is 4.60. The number of benzene rings is 1. The minimum absolute atomic E-state index is 0.120. The second kappa shape index (κ2) is 7.49. The van der Waals surface area contributed by atoms with E-state index in [0.717, 1.165) is 5.56 Å². The molecule has 0 spiro atoms. The largest absolute Gasteiger partial charge is 0.475 e. The van der Waals surface area contributed by atoms with Gasteiger partial charge >= 0.3 is 12.1 Å². The van der Waals surface area contributed by atoms with Crippen molar-refractivity contribution in [1.29, 1.82) is 0 Å². The summed E-state index contributed by atoms with van der Waals surface area (Å²) in [4.78, 5) is 22.6. The zero-order valence-electron chi connectivity index (χ0n) is 13.0. The van der Waals surface area contributed by atoms with Crippen LogP contribution in [0.1, 0.15) is 41.6 Å². The van der Waals surface area contributed by atoms with Crippen LogP contribution >= 0.6 is 0 Å². The molecule has 2 aromatic rings. The highest BCUT2D eigenvalue weighted by Crippen LogP contribution is 2.22. The number of furan rings is 1. The third-order valence-electron chi connectivity index (χ3n) is 3.59. The van der Waals surface area contributed by atoms with Gasteiger partial charge in [-0.2, -0.15) is 0 Å². The lowest BCUT2D eigenvalue weighted by Crippen LogP contribution is -2.36. The lowest BCUT2D eigenvalue weighted by molar-refractivity contribution is 0.0659. The molecule has 6 heteroatoms. The van der Waals surface area contributed by atoms with Crippen molar-refractivity contribution in [2.75, 3.05) is 0 Å². The van der Waals surface area contributed by atoms with E-state index in [1.165, 1.54) is 6.07 Å². The van der Waals surface area contributed by atoms with Crippen molar-refractivity contribution in [3.63, 3.8) is 0 Å². The molecule has 0 bridgehead atoms. The first-order valence-corrected chi connectivity index (χ1v) is 7.27. The Bertz CT molecular complexity index is 665. The van der Waals surface area contributed by atoms with E-state index in [4.69, 9.17) is 14.3 Å². The summed E-state index contributed by atoms with van der Waals surface area (Å²) in [5.74, 6) is -0.928. The van der Waals surface area contributed by atoms with Gasteiger partial charge in [0, 0.05) is 12.0 Å². The number of aromatic carboxylic acids is 1. The standard InChI is InChI=1S/C17H19NO5/c1-11(14-8-9-15(23-14)16(19)20)12(2)18-17(21)22-10-13-6-4-3-5-7-13/h3-9,11-12H,10H2,1-2H3,(H,18,21)(H,19,20). The van der Waals surface area contributed by atoms with Crippen LogP contribution < -0.4 is 5.32 Å². The molecule has 0 saturated carbocycles. The Balaban J connectivity index is 1.85. The molecular weight excluding hydrogens is 298 g/mol. The number of amides is 1. The number of alkyl carbamates (subject to hydrolysis) is 1. The van der Waals surface area contributed by atoms with Gasteiger partial charge in [0.2, 0.25) is 5.76 Å². The van der Waals surface area contributed by atoms with Gasteiger partial charge in [-0.15, -0.1) is 0 Å². The molecule has 0 aliphatic carbocycles. The molecule has 2 N–H and O–H groups in total. The molecule has 2 rings (SSSR count). The number of carboxylic acid groups (broad SMARTS) is 1. The zero-order valence-corrected chi connectivity index (χ0v) is 13.0. The zero-order chi connectivity index (χ0) is 16.8.